The lowest BCUT2D eigenvalue weighted by Gasteiger charge is -2.60. The van der Waals surface area contributed by atoms with Gasteiger partial charge in [-0.2, -0.15) is 0 Å². The predicted octanol–water partition coefficient (Wildman–Crippen LogP) is 4.38. The number of hydrogen-bond donors (Lipinski definition) is 2. The highest BCUT2D eigenvalue weighted by molar-refractivity contribution is 5.90. The molecule has 4 aliphatic rings. The van der Waals surface area contributed by atoms with Gasteiger partial charge in [-0.05, 0) is 84.6 Å². The Kier molecular flexibility index (Phi) is 4.90. The lowest BCUT2D eigenvalue weighted by atomic mass is 9.47. The molecule has 0 spiro atoms. The fraction of sp³-hybridized carbons (Fsp3) is 0.556. The number of rotatable bonds is 2. The van der Waals surface area contributed by atoms with Crippen molar-refractivity contribution in [2.24, 2.45) is 28.6 Å². The summed E-state index contributed by atoms with van der Waals surface area (Å²) in [6, 6.07) is 7.00. The van der Waals surface area contributed by atoms with Gasteiger partial charge in [0.2, 0.25) is 5.91 Å². The Hall–Kier alpha value is -2.40. The number of hydrogen-bond acceptors (Lipinski definition) is 3. The summed E-state index contributed by atoms with van der Waals surface area (Å²) in [6.45, 7) is 4.57. The van der Waals surface area contributed by atoms with Gasteiger partial charge in [0.1, 0.15) is 0 Å². The van der Waals surface area contributed by atoms with Crippen LogP contribution < -0.4 is 0 Å². The fourth-order valence-electron chi connectivity index (χ4n) is 7.79. The summed E-state index contributed by atoms with van der Waals surface area (Å²) in [5.41, 5.74) is 2.13. The molecule has 7 atom stereocenters. The van der Waals surface area contributed by atoms with Crippen LogP contribution in [0.3, 0.4) is 0 Å². The lowest BCUT2D eigenvalue weighted by molar-refractivity contribution is -0.135. The number of aromatic carboxylic acids is 1. The van der Waals surface area contributed by atoms with E-state index < -0.39 is 5.97 Å². The molecule has 32 heavy (non-hydrogen) atoms. The molecule has 0 aromatic heterocycles. The van der Waals surface area contributed by atoms with E-state index in [1.807, 2.05) is 18.0 Å². The minimum absolute atomic E-state index is 0.0213. The minimum atomic E-state index is -0.935. The Morgan fingerprint density at radius 3 is 2.72 bits per heavy atom. The average molecular weight is 436 g/mol. The third-order valence-electron chi connectivity index (χ3n) is 9.40. The zero-order valence-electron chi connectivity index (χ0n) is 19.1. The van der Waals surface area contributed by atoms with E-state index >= 15 is 0 Å². The molecular weight excluding hydrogens is 402 g/mol. The largest absolute Gasteiger partial charge is 0.478 e. The fourth-order valence-corrected chi connectivity index (χ4v) is 7.79. The monoisotopic (exact) mass is 435 g/mol. The van der Waals surface area contributed by atoms with Gasteiger partial charge in [-0.15, -0.1) is 0 Å². The number of benzene rings is 1. The number of carbonyl (C=O) groups is 2. The van der Waals surface area contributed by atoms with E-state index in [1.54, 1.807) is 24.3 Å². The third-order valence-corrected chi connectivity index (χ3v) is 9.40. The van der Waals surface area contributed by atoms with E-state index in [0.29, 0.717) is 17.8 Å². The van der Waals surface area contributed by atoms with Gasteiger partial charge in [-0.25, -0.2) is 4.79 Å². The van der Waals surface area contributed by atoms with Crippen LogP contribution in [0, 0.1) is 28.6 Å². The molecule has 3 saturated carbocycles. The number of aliphatic hydroxyl groups is 1. The van der Waals surface area contributed by atoms with Crippen molar-refractivity contribution in [2.75, 3.05) is 7.05 Å². The summed E-state index contributed by atoms with van der Waals surface area (Å²) < 4.78 is 0. The van der Waals surface area contributed by atoms with E-state index in [2.05, 4.69) is 26.0 Å². The topological polar surface area (TPSA) is 77.8 Å². The molecule has 1 aliphatic heterocycles. The average Bonchev–Trinajstić information content (AvgIpc) is 3.06. The highest BCUT2D eigenvalue weighted by Gasteiger charge is 2.61. The molecule has 1 aromatic carbocycles. The van der Waals surface area contributed by atoms with Crippen LogP contribution in [0.25, 0.3) is 6.08 Å². The number of nitrogens with zero attached hydrogens (tertiary/aromatic N) is 1. The Morgan fingerprint density at radius 2 is 1.97 bits per heavy atom. The van der Waals surface area contributed by atoms with Crippen molar-refractivity contribution in [1.29, 1.82) is 0 Å². The van der Waals surface area contributed by atoms with Crippen molar-refractivity contribution in [2.45, 2.75) is 58.1 Å². The van der Waals surface area contributed by atoms with Crippen molar-refractivity contribution in [3.63, 3.8) is 0 Å². The molecule has 5 rings (SSSR count). The first-order valence-electron chi connectivity index (χ1n) is 11.8. The first-order chi connectivity index (χ1) is 15.1. The van der Waals surface area contributed by atoms with Gasteiger partial charge in [-0.1, -0.05) is 38.1 Å². The molecule has 0 bridgehead atoms. The molecule has 5 nitrogen and oxygen atoms in total. The van der Waals surface area contributed by atoms with Gasteiger partial charge in [0, 0.05) is 12.5 Å². The zero-order chi connectivity index (χ0) is 22.8. The molecule has 0 radical (unpaired) electrons. The summed E-state index contributed by atoms with van der Waals surface area (Å²) in [7, 11) is 1.89. The molecule has 3 aliphatic carbocycles. The molecule has 1 heterocycles. The van der Waals surface area contributed by atoms with Crippen LogP contribution in [0.15, 0.2) is 42.0 Å². The van der Waals surface area contributed by atoms with Gasteiger partial charge >= 0.3 is 5.97 Å². The SMILES string of the molecule is CN1C(=O)C=C[C@]2(C)[C@H]3CC[C@]4(C)[C@@H](O)CC[C@H]4[C@@H]3CC(=Cc3cccc(C(=O)O)c3)[C@@H]12. The third kappa shape index (κ3) is 3.01. The number of amides is 1. The van der Waals surface area contributed by atoms with Crippen molar-refractivity contribution >= 4 is 18.0 Å². The molecule has 0 saturated heterocycles. The van der Waals surface area contributed by atoms with Crippen molar-refractivity contribution in [3.05, 3.63) is 53.1 Å². The predicted molar refractivity (Wildman–Crippen MR) is 123 cm³/mol. The van der Waals surface area contributed by atoms with Crippen LogP contribution in [0.5, 0.6) is 0 Å². The van der Waals surface area contributed by atoms with E-state index in [4.69, 9.17) is 0 Å². The number of carboxylic acids is 1. The van der Waals surface area contributed by atoms with Crippen molar-refractivity contribution in [1.82, 2.24) is 4.90 Å². The first kappa shape index (κ1) is 21.4. The van der Waals surface area contributed by atoms with Crippen molar-refractivity contribution < 1.29 is 19.8 Å². The van der Waals surface area contributed by atoms with Crippen LogP contribution in [0.1, 0.15) is 61.9 Å². The number of aliphatic hydroxyl groups excluding tert-OH is 1. The Balaban J connectivity index is 1.62. The highest BCUT2D eigenvalue weighted by Crippen LogP contribution is 2.64. The maximum absolute atomic E-state index is 12.7. The minimum Gasteiger partial charge on any atom is -0.478 e. The molecule has 1 aromatic rings. The second-order valence-corrected chi connectivity index (χ2v) is 10.9. The number of carboxylic acid groups (broad SMARTS) is 1. The maximum atomic E-state index is 12.7. The highest BCUT2D eigenvalue weighted by atomic mass is 16.4. The van der Waals surface area contributed by atoms with Gasteiger partial charge in [0.05, 0.1) is 17.7 Å². The van der Waals surface area contributed by atoms with Crippen LogP contribution in [-0.4, -0.2) is 46.2 Å². The quantitative estimate of drug-likeness (QED) is 0.723. The summed E-state index contributed by atoms with van der Waals surface area (Å²) in [6.07, 6.45) is 10.7. The molecule has 3 fully saturated rings. The zero-order valence-corrected chi connectivity index (χ0v) is 19.1. The molecule has 0 unspecified atom stereocenters. The number of fused-ring (bicyclic) bond motifs is 5. The Morgan fingerprint density at radius 1 is 1.19 bits per heavy atom. The normalized spacial score (nSPS) is 41.9. The Bertz CT molecular complexity index is 1030. The van der Waals surface area contributed by atoms with Gasteiger partial charge < -0.3 is 15.1 Å². The van der Waals surface area contributed by atoms with E-state index in [1.165, 1.54) is 5.57 Å². The van der Waals surface area contributed by atoms with Crippen LogP contribution in [0.2, 0.25) is 0 Å². The van der Waals surface area contributed by atoms with Gasteiger partial charge in [-0.3, -0.25) is 4.79 Å². The van der Waals surface area contributed by atoms with Gasteiger partial charge in [0.25, 0.3) is 0 Å². The van der Waals surface area contributed by atoms with Gasteiger partial charge in [0.15, 0.2) is 0 Å². The van der Waals surface area contributed by atoms with E-state index in [-0.39, 0.29) is 34.4 Å². The molecule has 2 N–H and O–H groups in total. The summed E-state index contributed by atoms with van der Waals surface area (Å²) in [4.78, 5) is 26.0. The first-order valence-corrected chi connectivity index (χ1v) is 11.8. The molecule has 5 heteroatoms. The lowest BCUT2D eigenvalue weighted by Crippen LogP contribution is -2.60. The maximum Gasteiger partial charge on any atom is 0.335 e. The molecule has 170 valence electrons. The Labute approximate surface area is 189 Å². The smallest absolute Gasteiger partial charge is 0.335 e. The summed E-state index contributed by atoms with van der Waals surface area (Å²) in [5.74, 6) is 0.472. The van der Waals surface area contributed by atoms with Crippen LogP contribution in [-0.2, 0) is 4.79 Å². The van der Waals surface area contributed by atoms with Crippen LogP contribution in [0.4, 0.5) is 0 Å². The van der Waals surface area contributed by atoms with E-state index in [0.717, 1.165) is 37.7 Å². The van der Waals surface area contributed by atoms with E-state index in [9.17, 15) is 19.8 Å². The number of likely N-dealkylation sites (N-methyl/N-ethyl adjacent to an activating group) is 1. The van der Waals surface area contributed by atoms with Crippen molar-refractivity contribution in [3.8, 4) is 0 Å². The summed E-state index contributed by atoms with van der Waals surface area (Å²) in [5, 5.41) is 20.2. The molecule has 1 amide bonds. The standard InChI is InChI=1S/C27H33NO4/c1-26-11-9-21-19(20(26)7-8-22(26)29)15-18(14-16-5-4-6-17(13-16)25(31)32)24-27(21,2)12-10-23(30)28(24)3/h4-6,10,12-14,19-22,24,29H,7-9,11,15H2,1-3H3,(H,31,32)/t19-,20-,21-,22-,24+,26-,27+/m0/s1. The summed E-state index contributed by atoms with van der Waals surface area (Å²) >= 11 is 0. The molecular formula is C27H33NO4. The second kappa shape index (κ2) is 7.31. The van der Waals surface area contributed by atoms with Crippen LogP contribution >= 0.6 is 0 Å². The second-order valence-electron chi connectivity index (χ2n) is 10.9. The number of carbonyl (C=O) groups excluding carboxylic acids is 1.